The predicted octanol–water partition coefficient (Wildman–Crippen LogP) is 1.77. The quantitative estimate of drug-likeness (QED) is 0.891. The molecule has 1 fully saturated rings. The molecule has 2 N–H and O–H groups in total. The smallest absolute Gasteiger partial charge is 0.317 e. The van der Waals surface area contributed by atoms with Crippen molar-refractivity contribution in [2.24, 2.45) is 0 Å². The van der Waals surface area contributed by atoms with Crippen molar-refractivity contribution in [2.75, 3.05) is 32.7 Å². The molecule has 7 heteroatoms. The highest BCUT2D eigenvalue weighted by molar-refractivity contribution is 5.75. The molecular weight excluding hydrogens is 299 g/mol. The van der Waals surface area contributed by atoms with Crippen molar-refractivity contribution < 1.29 is 14.0 Å². The van der Waals surface area contributed by atoms with E-state index in [2.05, 4.69) is 10.6 Å². The van der Waals surface area contributed by atoms with Gasteiger partial charge >= 0.3 is 12.1 Å². The van der Waals surface area contributed by atoms with Crippen molar-refractivity contribution in [3.63, 3.8) is 0 Å². The van der Waals surface area contributed by atoms with E-state index < -0.39 is 0 Å². The lowest BCUT2D eigenvalue weighted by Gasteiger charge is -2.22. The molecule has 0 aliphatic carbocycles. The summed E-state index contributed by atoms with van der Waals surface area (Å²) in [7, 11) is 0. The summed E-state index contributed by atoms with van der Waals surface area (Å²) >= 11 is 0. The Morgan fingerprint density at radius 1 is 1.00 bits per heavy atom. The Morgan fingerprint density at radius 3 is 2.13 bits per heavy atom. The maximum atomic E-state index is 12.8. The molecule has 1 aromatic carbocycles. The van der Waals surface area contributed by atoms with E-state index in [1.165, 1.54) is 12.1 Å². The first-order valence-corrected chi connectivity index (χ1v) is 7.90. The summed E-state index contributed by atoms with van der Waals surface area (Å²) in [6, 6.07) is 5.80. The normalized spacial score (nSPS) is 15.0. The summed E-state index contributed by atoms with van der Waals surface area (Å²) in [4.78, 5) is 27.5. The fraction of sp³-hybridized carbons (Fsp3) is 0.500. The van der Waals surface area contributed by atoms with Crippen LogP contribution in [0.25, 0.3) is 0 Å². The van der Waals surface area contributed by atoms with Crippen LogP contribution in [0.2, 0.25) is 0 Å². The highest BCUT2D eigenvalue weighted by Crippen LogP contribution is 2.06. The average molecular weight is 322 g/mol. The lowest BCUT2D eigenvalue weighted by molar-refractivity contribution is 0.191. The van der Waals surface area contributed by atoms with Gasteiger partial charge in [-0.1, -0.05) is 12.1 Å². The van der Waals surface area contributed by atoms with Crippen LogP contribution >= 0.6 is 0 Å². The Kier molecular flexibility index (Phi) is 6.19. The molecule has 126 valence electrons. The summed E-state index contributed by atoms with van der Waals surface area (Å²) in [6.07, 6.45) is 0.751. The first kappa shape index (κ1) is 17.1. The van der Waals surface area contributed by atoms with E-state index >= 15 is 0 Å². The number of hydrogen-bond acceptors (Lipinski definition) is 2. The van der Waals surface area contributed by atoms with Crippen LogP contribution in [-0.2, 0) is 6.54 Å². The number of nitrogens with one attached hydrogen (secondary N) is 2. The van der Waals surface area contributed by atoms with Gasteiger partial charge in [0.15, 0.2) is 0 Å². The number of rotatable bonds is 3. The van der Waals surface area contributed by atoms with E-state index in [0.29, 0.717) is 39.3 Å². The molecule has 2 rings (SSSR count). The average Bonchev–Trinajstić information content (AvgIpc) is 2.80. The molecule has 1 saturated heterocycles. The van der Waals surface area contributed by atoms with Gasteiger partial charge in [0.2, 0.25) is 0 Å². The highest BCUT2D eigenvalue weighted by Gasteiger charge is 2.21. The van der Waals surface area contributed by atoms with Crippen LogP contribution in [0.3, 0.4) is 0 Å². The van der Waals surface area contributed by atoms with Gasteiger partial charge < -0.3 is 20.4 Å². The van der Waals surface area contributed by atoms with Gasteiger partial charge in [-0.3, -0.25) is 0 Å². The van der Waals surface area contributed by atoms with Crippen LogP contribution in [0, 0.1) is 5.82 Å². The molecule has 0 aromatic heterocycles. The summed E-state index contributed by atoms with van der Waals surface area (Å²) in [5.74, 6) is -0.293. The fourth-order valence-electron chi connectivity index (χ4n) is 2.48. The minimum absolute atomic E-state index is 0.0823. The summed E-state index contributed by atoms with van der Waals surface area (Å²) in [5.41, 5.74) is 0.846. The summed E-state index contributed by atoms with van der Waals surface area (Å²) in [6.45, 7) is 5.12. The summed E-state index contributed by atoms with van der Waals surface area (Å²) in [5, 5.41) is 5.61. The minimum Gasteiger partial charge on any atom is -0.338 e. The van der Waals surface area contributed by atoms with Crippen molar-refractivity contribution in [1.82, 2.24) is 20.4 Å². The van der Waals surface area contributed by atoms with Gasteiger partial charge in [-0.25, -0.2) is 14.0 Å². The number of carbonyl (C=O) groups excluding carboxylic acids is 2. The van der Waals surface area contributed by atoms with Crippen molar-refractivity contribution in [1.29, 1.82) is 0 Å². The zero-order chi connectivity index (χ0) is 16.7. The van der Waals surface area contributed by atoms with Gasteiger partial charge in [0, 0.05) is 39.3 Å². The van der Waals surface area contributed by atoms with Gasteiger partial charge in [-0.2, -0.15) is 0 Å². The van der Waals surface area contributed by atoms with E-state index in [1.54, 1.807) is 21.9 Å². The van der Waals surface area contributed by atoms with Crippen LogP contribution in [-0.4, -0.2) is 54.6 Å². The number of benzene rings is 1. The molecule has 6 nitrogen and oxygen atoms in total. The monoisotopic (exact) mass is 322 g/mol. The Labute approximate surface area is 135 Å². The number of carbonyl (C=O) groups is 2. The Balaban J connectivity index is 1.81. The number of halogens is 1. The molecule has 0 saturated carbocycles. The Hall–Kier alpha value is -2.31. The van der Waals surface area contributed by atoms with Crippen LogP contribution in [0.5, 0.6) is 0 Å². The zero-order valence-electron chi connectivity index (χ0n) is 13.3. The van der Waals surface area contributed by atoms with Gasteiger partial charge in [-0.15, -0.1) is 0 Å². The molecule has 0 bridgehead atoms. The number of amides is 4. The predicted molar refractivity (Wildman–Crippen MR) is 85.5 cm³/mol. The summed E-state index contributed by atoms with van der Waals surface area (Å²) < 4.78 is 12.8. The van der Waals surface area contributed by atoms with Crippen LogP contribution in [0.15, 0.2) is 24.3 Å². The van der Waals surface area contributed by atoms with E-state index in [-0.39, 0.29) is 17.9 Å². The molecule has 4 amide bonds. The van der Waals surface area contributed by atoms with E-state index in [1.807, 2.05) is 6.92 Å². The van der Waals surface area contributed by atoms with Crippen molar-refractivity contribution in [3.05, 3.63) is 35.6 Å². The first-order valence-electron chi connectivity index (χ1n) is 7.90. The lowest BCUT2D eigenvalue weighted by Crippen LogP contribution is -2.44. The molecule has 23 heavy (non-hydrogen) atoms. The van der Waals surface area contributed by atoms with Crippen LogP contribution < -0.4 is 10.6 Å². The molecular formula is C16H23FN4O2. The molecule has 1 aliphatic rings. The van der Waals surface area contributed by atoms with Crippen molar-refractivity contribution >= 4 is 12.1 Å². The van der Waals surface area contributed by atoms with Gasteiger partial charge in [0.1, 0.15) is 5.82 Å². The molecule has 0 spiro atoms. The molecule has 1 heterocycles. The van der Waals surface area contributed by atoms with Gasteiger partial charge in [0.25, 0.3) is 0 Å². The minimum atomic E-state index is -0.293. The molecule has 0 unspecified atom stereocenters. The Morgan fingerprint density at radius 2 is 1.57 bits per heavy atom. The van der Waals surface area contributed by atoms with Gasteiger partial charge in [-0.05, 0) is 31.0 Å². The molecule has 1 aromatic rings. The fourth-order valence-corrected chi connectivity index (χ4v) is 2.48. The second-order valence-electron chi connectivity index (χ2n) is 5.45. The van der Waals surface area contributed by atoms with Crippen LogP contribution in [0.1, 0.15) is 18.9 Å². The zero-order valence-corrected chi connectivity index (χ0v) is 13.3. The van der Waals surface area contributed by atoms with E-state index in [0.717, 1.165) is 12.0 Å². The SMILES string of the molecule is CCNC(=O)N1CCCN(C(=O)NCc2ccc(F)cc2)CC1. The third-order valence-electron chi connectivity index (χ3n) is 3.76. The topological polar surface area (TPSA) is 64.7 Å². The number of nitrogens with zero attached hydrogens (tertiary/aromatic N) is 2. The molecule has 0 radical (unpaired) electrons. The first-order chi connectivity index (χ1) is 11.1. The van der Waals surface area contributed by atoms with Crippen molar-refractivity contribution in [3.8, 4) is 0 Å². The standard InChI is InChI=1S/C16H23FN4O2/c1-2-18-15(22)20-8-3-9-21(11-10-20)16(23)19-12-13-4-6-14(17)7-5-13/h4-7H,2-3,8-12H2,1H3,(H,18,22)(H,19,23). The third-order valence-corrected chi connectivity index (χ3v) is 3.76. The molecule has 1 aliphatic heterocycles. The largest absolute Gasteiger partial charge is 0.338 e. The number of urea groups is 2. The second-order valence-corrected chi connectivity index (χ2v) is 5.45. The number of hydrogen-bond donors (Lipinski definition) is 2. The second kappa shape index (κ2) is 8.36. The highest BCUT2D eigenvalue weighted by atomic mass is 19.1. The Bertz CT molecular complexity index is 535. The third kappa shape index (κ3) is 5.12. The van der Waals surface area contributed by atoms with E-state index in [9.17, 15) is 14.0 Å². The molecule has 0 atom stereocenters. The van der Waals surface area contributed by atoms with Gasteiger partial charge in [0.05, 0.1) is 0 Å². The lowest BCUT2D eigenvalue weighted by atomic mass is 10.2. The van der Waals surface area contributed by atoms with Crippen LogP contribution in [0.4, 0.5) is 14.0 Å². The maximum Gasteiger partial charge on any atom is 0.317 e. The van der Waals surface area contributed by atoms with E-state index in [4.69, 9.17) is 0 Å². The maximum absolute atomic E-state index is 12.8. The van der Waals surface area contributed by atoms with Crippen molar-refractivity contribution in [2.45, 2.75) is 19.9 Å².